The lowest BCUT2D eigenvalue weighted by molar-refractivity contribution is 0.171. The van der Waals surface area contributed by atoms with E-state index in [-0.39, 0.29) is 11.6 Å². The molecule has 0 bridgehead atoms. The first-order chi connectivity index (χ1) is 15.6. The Bertz CT molecular complexity index is 1300. The molecule has 0 fully saturated rings. The number of hydrogen-bond acceptors (Lipinski definition) is 6. The van der Waals surface area contributed by atoms with E-state index in [1.807, 2.05) is 48.5 Å². The molecule has 0 saturated carbocycles. The van der Waals surface area contributed by atoms with Crippen molar-refractivity contribution in [3.8, 4) is 21.9 Å². The smallest absolute Gasteiger partial charge is 0.259 e. The van der Waals surface area contributed by atoms with E-state index in [4.69, 9.17) is 14.5 Å². The maximum Gasteiger partial charge on any atom is 0.259 e. The molecule has 1 atom stereocenters. The summed E-state index contributed by atoms with van der Waals surface area (Å²) in [6.07, 6.45) is 0. The molecule has 2 N–H and O–H groups in total. The zero-order valence-corrected chi connectivity index (χ0v) is 18.9. The Kier molecular flexibility index (Phi) is 5.68. The number of nitrogens with one attached hydrogen (secondary N) is 2. The first-order valence-corrected chi connectivity index (χ1v) is 11.6. The summed E-state index contributed by atoms with van der Waals surface area (Å²) in [5.41, 5.74) is 2.11. The van der Waals surface area contributed by atoms with E-state index in [9.17, 15) is 4.79 Å². The van der Waals surface area contributed by atoms with Crippen LogP contribution in [0.2, 0.25) is 0 Å². The largest absolute Gasteiger partial charge is 0.486 e. The molecule has 7 heteroatoms. The Labute approximate surface area is 190 Å². The van der Waals surface area contributed by atoms with Gasteiger partial charge in [-0.2, -0.15) is 0 Å². The number of hydrogen-bond donors (Lipinski definition) is 2. The fraction of sp³-hybridized carbons (Fsp3) is 0.280. The van der Waals surface area contributed by atoms with E-state index in [1.54, 1.807) is 11.3 Å². The number of ether oxygens (including phenoxy) is 2. The van der Waals surface area contributed by atoms with Gasteiger partial charge in [-0.25, -0.2) is 4.98 Å². The number of thiophene rings is 1. The third-order valence-electron chi connectivity index (χ3n) is 5.59. The monoisotopic (exact) mass is 447 g/mol. The molecule has 4 aromatic rings. The number of fused-ring (bicyclic) bond motifs is 2. The van der Waals surface area contributed by atoms with E-state index < -0.39 is 0 Å². The minimum atomic E-state index is -0.106. The van der Waals surface area contributed by atoms with E-state index in [1.165, 1.54) is 0 Å². The summed E-state index contributed by atoms with van der Waals surface area (Å²) in [6, 6.07) is 18.1. The SMILES string of the molecule is CC(C)[C@H](NCc1nc2sc(-c3ccccc3)cc2c(=O)[nH]1)c1ccc2c(c1)OCCO2. The van der Waals surface area contributed by atoms with Gasteiger partial charge in [0.2, 0.25) is 0 Å². The molecule has 0 aliphatic carbocycles. The first-order valence-electron chi connectivity index (χ1n) is 10.8. The minimum Gasteiger partial charge on any atom is -0.486 e. The highest BCUT2D eigenvalue weighted by Crippen LogP contribution is 2.35. The van der Waals surface area contributed by atoms with Gasteiger partial charge in [0.05, 0.1) is 11.9 Å². The van der Waals surface area contributed by atoms with E-state index in [2.05, 4.69) is 30.2 Å². The molecule has 1 aliphatic heterocycles. The van der Waals surface area contributed by atoms with Crippen molar-refractivity contribution in [2.75, 3.05) is 13.2 Å². The molecule has 2 aromatic heterocycles. The summed E-state index contributed by atoms with van der Waals surface area (Å²) in [6.45, 7) is 5.93. The van der Waals surface area contributed by atoms with Crippen LogP contribution in [0.4, 0.5) is 0 Å². The summed E-state index contributed by atoms with van der Waals surface area (Å²) in [5.74, 6) is 2.53. The summed E-state index contributed by atoms with van der Waals surface area (Å²) in [4.78, 5) is 22.2. The van der Waals surface area contributed by atoms with E-state index in [0.717, 1.165) is 32.3 Å². The van der Waals surface area contributed by atoms with Crippen LogP contribution in [0.1, 0.15) is 31.3 Å². The minimum absolute atomic E-state index is 0.0787. The highest BCUT2D eigenvalue weighted by Gasteiger charge is 2.20. The van der Waals surface area contributed by atoms with Crippen LogP contribution in [0, 0.1) is 5.92 Å². The van der Waals surface area contributed by atoms with Gasteiger partial charge in [-0.3, -0.25) is 4.79 Å². The van der Waals surface area contributed by atoms with Crippen molar-refractivity contribution < 1.29 is 9.47 Å². The van der Waals surface area contributed by atoms with Crippen LogP contribution in [0.15, 0.2) is 59.4 Å². The predicted octanol–water partition coefficient (Wildman–Crippen LogP) is 4.91. The van der Waals surface area contributed by atoms with Gasteiger partial charge in [-0.05, 0) is 35.2 Å². The lowest BCUT2D eigenvalue weighted by atomic mass is 9.95. The zero-order valence-electron chi connectivity index (χ0n) is 18.1. The lowest BCUT2D eigenvalue weighted by Gasteiger charge is -2.25. The third-order valence-corrected chi connectivity index (χ3v) is 6.67. The van der Waals surface area contributed by atoms with E-state index >= 15 is 0 Å². The van der Waals surface area contributed by atoms with E-state index in [0.29, 0.717) is 36.9 Å². The molecule has 0 spiro atoms. The molecular formula is C25H25N3O3S. The summed E-state index contributed by atoms with van der Waals surface area (Å²) in [7, 11) is 0. The van der Waals surface area contributed by atoms with Crippen LogP contribution < -0.4 is 20.3 Å². The number of H-pyrrole nitrogens is 1. The van der Waals surface area contributed by atoms with Gasteiger partial charge in [0, 0.05) is 10.9 Å². The predicted molar refractivity (Wildman–Crippen MR) is 128 cm³/mol. The van der Waals surface area contributed by atoms with Crippen LogP contribution in [-0.2, 0) is 6.54 Å². The third kappa shape index (κ3) is 4.13. The van der Waals surface area contributed by atoms with Crippen molar-refractivity contribution in [1.29, 1.82) is 0 Å². The van der Waals surface area contributed by atoms with Crippen molar-refractivity contribution in [1.82, 2.24) is 15.3 Å². The van der Waals surface area contributed by atoms with Gasteiger partial charge < -0.3 is 19.8 Å². The van der Waals surface area contributed by atoms with Crippen LogP contribution >= 0.6 is 11.3 Å². The molecule has 3 heterocycles. The quantitative estimate of drug-likeness (QED) is 0.439. The van der Waals surface area contributed by atoms with Crippen LogP contribution in [-0.4, -0.2) is 23.2 Å². The number of rotatable bonds is 6. The topological polar surface area (TPSA) is 76.2 Å². The van der Waals surface area contributed by atoms with Gasteiger partial charge in [-0.1, -0.05) is 50.2 Å². The number of nitrogens with zero attached hydrogens (tertiary/aromatic N) is 1. The van der Waals surface area contributed by atoms with Gasteiger partial charge in [0.25, 0.3) is 5.56 Å². The molecule has 5 rings (SSSR count). The maximum atomic E-state index is 12.7. The van der Waals surface area contributed by atoms with Gasteiger partial charge in [0.15, 0.2) is 11.5 Å². The Morgan fingerprint density at radius 3 is 2.62 bits per heavy atom. The Balaban J connectivity index is 1.39. The molecule has 0 saturated heterocycles. The lowest BCUT2D eigenvalue weighted by Crippen LogP contribution is -2.27. The van der Waals surface area contributed by atoms with Crippen molar-refractivity contribution >= 4 is 21.6 Å². The average Bonchev–Trinajstić information content (AvgIpc) is 3.24. The Morgan fingerprint density at radius 1 is 1.06 bits per heavy atom. The molecule has 1 aliphatic rings. The molecular weight excluding hydrogens is 422 g/mol. The number of aromatic nitrogens is 2. The Hall–Kier alpha value is -3.16. The highest BCUT2D eigenvalue weighted by molar-refractivity contribution is 7.21. The molecule has 6 nitrogen and oxygen atoms in total. The van der Waals surface area contributed by atoms with Crippen LogP contribution in [0.5, 0.6) is 11.5 Å². The highest BCUT2D eigenvalue weighted by atomic mass is 32.1. The second kappa shape index (κ2) is 8.76. The van der Waals surface area contributed by atoms with Gasteiger partial charge >= 0.3 is 0 Å². The van der Waals surface area contributed by atoms with Crippen molar-refractivity contribution in [3.63, 3.8) is 0 Å². The van der Waals surface area contributed by atoms with Crippen LogP contribution in [0.25, 0.3) is 20.7 Å². The first kappa shape index (κ1) is 20.7. The average molecular weight is 448 g/mol. The second-order valence-electron chi connectivity index (χ2n) is 8.21. The summed E-state index contributed by atoms with van der Waals surface area (Å²) in [5, 5.41) is 4.19. The summed E-state index contributed by atoms with van der Waals surface area (Å²) >= 11 is 1.54. The second-order valence-corrected chi connectivity index (χ2v) is 9.24. The van der Waals surface area contributed by atoms with Crippen molar-refractivity contribution in [2.24, 2.45) is 5.92 Å². The summed E-state index contributed by atoms with van der Waals surface area (Å²) < 4.78 is 11.4. The fourth-order valence-electron chi connectivity index (χ4n) is 4.00. The fourth-order valence-corrected chi connectivity index (χ4v) is 5.06. The van der Waals surface area contributed by atoms with Crippen molar-refractivity contribution in [2.45, 2.75) is 26.4 Å². The molecule has 0 unspecified atom stereocenters. The standard InChI is InChI=1S/C25H25N3O3S/c1-15(2)23(17-8-9-19-20(12-17)31-11-10-30-19)26-14-22-27-24(29)18-13-21(32-25(18)28-22)16-6-4-3-5-7-16/h3-9,12-13,15,23,26H,10-11,14H2,1-2H3,(H,27,28,29)/t23-/m0/s1. The normalized spacial score (nSPS) is 14.1. The molecule has 164 valence electrons. The Morgan fingerprint density at radius 2 is 1.84 bits per heavy atom. The number of benzene rings is 2. The zero-order chi connectivity index (χ0) is 22.1. The van der Waals surface area contributed by atoms with Gasteiger partial charge in [-0.15, -0.1) is 11.3 Å². The molecule has 0 radical (unpaired) electrons. The molecule has 32 heavy (non-hydrogen) atoms. The molecule has 0 amide bonds. The van der Waals surface area contributed by atoms with Gasteiger partial charge in [0.1, 0.15) is 23.9 Å². The number of aromatic amines is 1. The van der Waals surface area contributed by atoms with Crippen molar-refractivity contribution in [3.05, 3.63) is 76.3 Å². The van der Waals surface area contributed by atoms with Crippen LogP contribution in [0.3, 0.4) is 0 Å². The molecule has 2 aromatic carbocycles. The maximum absolute atomic E-state index is 12.7.